The first-order chi connectivity index (χ1) is 8.66. The molecule has 2 aromatic heterocycles. The van der Waals surface area contributed by atoms with E-state index in [1.807, 2.05) is 0 Å². The summed E-state index contributed by atoms with van der Waals surface area (Å²) in [7, 11) is 0. The molecule has 0 aliphatic heterocycles. The van der Waals surface area contributed by atoms with E-state index in [2.05, 4.69) is 20.4 Å². The Labute approximate surface area is 106 Å². The summed E-state index contributed by atoms with van der Waals surface area (Å²) in [6, 6.07) is -1.09. The van der Waals surface area contributed by atoms with Crippen LogP contribution in [-0.4, -0.2) is 32.7 Å². The monoisotopic (exact) mass is 269 g/mol. The Hall–Kier alpha value is -2.00. The Kier molecular flexibility index (Phi) is 3.85. The summed E-state index contributed by atoms with van der Waals surface area (Å²) in [5.41, 5.74) is 5.78. The highest BCUT2D eigenvalue weighted by Crippen LogP contribution is 2.19. The number of carboxylic acid groups (broad SMARTS) is 1. The minimum absolute atomic E-state index is 0.341. The standard InChI is InChI=1S/C9H11N5O3S/c10-7(8(15)16)5-3-18-9(14-5)11-2-1-6-12-4-13-17-6/h3-4,7H,1-2,10H2,(H,11,14)(H,15,16). The van der Waals surface area contributed by atoms with Crippen LogP contribution in [0.2, 0.25) is 0 Å². The van der Waals surface area contributed by atoms with Crippen LogP contribution in [0.5, 0.6) is 0 Å². The van der Waals surface area contributed by atoms with Crippen molar-refractivity contribution in [3.8, 4) is 0 Å². The lowest BCUT2D eigenvalue weighted by Crippen LogP contribution is -2.21. The fraction of sp³-hybridized carbons (Fsp3) is 0.333. The first-order valence-electron chi connectivity index (χ1n) is 5.10. The third kappa shape index (κ3) is 3.02. The molecular weight excluding hydrogens is 258 g/mol. The maximum atomic E-state index is 10.7. The molecule has 1 atom stereocenters. The van der Waals surface area contributed by atoms with Gasteiger partial charge in [0.15, 0.2) is 11.5 Å². The largest absolute Gasteiger partial charge is 0.480 e. The SMILES string of the molecule is NC(C(=O)O)c1csc(NCCc2ncno2)n1. The van der Waals surface area contributed by atoms with Crippen molar-refractivity contribution in [3.05, 3.63) is 23.3 Å². The van der Waals surface area contributed by atoms with E-state index in [0.717, 1.165) is 0 Å². The van der Waals surface area contributed by atoms with E-state index in [-0.39, 0.29) is 0 Å². The minimum Gasteiger partial charge on any atom is -0.480 e. The molecule has 0 aliphatic carbocycles. The summed E-state index contributed by atoms with van der Waals surface area (Å²) >= 11 is 1.30. The van der Waals surface area contributed by atoms with Crippen LogP contribution in [-0.2, 0) is 11.2 Å². The Morgan fingerprint density at radius 3 is 3.17 bits per heavy atom. The van der Waals surface area contributed by atoms with E-state index in [4.69, 9.17) is 15.4 Å². The number of aliphatic carboxylic acids is 1. The maximum absolute atomic E-state index is 10.7. The molecule has 0 bridgehead atoms. The van der Waals surface area contributed by atoms with Gasteiger partial charge in [-0.15, -0.1) is 11.3 Å². The third-order valence-corrected chi connectivity index (χ3v) is 2.95. The van der Waals surface area contributed by atoms with Gasteiger partial charge in [0.1, 0.15) is 6.04 Å². The quantitative estimate of drug-likeness (QED) is 0.681. The molecule has 0 aromatic carbocycles. The van der Waals surface area contributed by atoms with Crippen molar-refractivity contribution in [2.24, 2.45) is 5.73 Å². The highest BCUT2D eigenvalue weighted by Gasteiger charge is 2.17. The summed E-state index contributed by atoms with van der Waals surface area (Å²) in [5.74, 6) is -0.570. The lowest BCUT2D eigenvalue weighted by atomic mass is 10.2. The zero-order valence-electron chi connectivity index (χ0n) is 9.24. The van der Waals surface area contributed by atoms with Crippen LogP contribution in [0.4, 0.5) is 5.13 Å². The van der Waals surface area contributed by atoms with Crippen LogP contribution >= 0.6 is 11.3 Å². The summed E-state index contributed by atoms with van der Waals surface area (Å²) in [6.07, 6.45) is 1.91. The maximum Gasteiger partial charge on any atom is 0.326 e. The van der Waals surface area contributed by atoms with Gasteiger partial charge in [-0.2, -0.15) is 4.98 Å². The molecule has 1 unspecified atom stereocenters. The molecule has 0 fully saturated rings. The Balaban J connectivity index is 1.85. The lowest BCUT2D eigenvalue weighted by Gasteiger charge is -2.01. The average molecular weight is 269 g/mol. The van der Waals surface area contributed by atoms with Gasteiger partial charge in [0.2, 0.25) is 5.89 Å². The van der Waals surface area contributed by atoms with Crippen LogP contribution < -0.4 is 11.1 Å². The van der Waals surface area contributed by atoms with E-state index >= 15 is 0 Å². The number of thiazole rings is 1. The van der Waals surface area contributed by atoms with Gasteiger partial charge in [-0.05, 0) is 0 Å². The molecule has 0 amide bonds. The van der Waals surface area contributed by atoms with Crippen LogP contribution in [0, 0.1) is 0 Å². The predicted octanol–water partition coefficient (Wildman–Crippen LogP) is 0.265. The molecule has 0 spiro atoms. The number of carboxylic acids is 1. The number of nitrogens with one attached hydrogen (secondary N) is 1. The van der Waals surface area contributed by atoms with Gasteiger partial charge in [-0.1, -0.05) is 5.16 Å². The highest BCUT2D eigenvalue weighted by atomic mass is 32.1. The molecule has 0 saturated heterocycles. The molecule has 4 N–H and O–H groups in total. The first kappa shape index (κ1) is 12.5. The summed E-state index contributed by atoms with van der Waals surface area (Å²) < 4.78 is 4.83. The van der Waals surface area contributed by atoms with Crippen molar-refractivity contribution < 1.29 is 14.4 Å². The molecule has 0 radical (unpaired) electrons. The molecular formula is C9H11N5O3S. The number of nitrogens with zero attached hydrogens (tertiary/aromatic N) is 3. The molecule has 8 nitrogen and oxygen atoms in total. The Bertz CT molecular complexity index is 512. The van der Waals surface area contributed by atoms with Crippen LogP contribution in [0.15, 0.2) is 16.2 Å². The van der Waals surface area contributed by atoms with E-state index in [9.17, 15) is 4.79 Å². The van der Waals surface area contributed by atoms with Gasteiger partial charge in [-0.3, -0.25) is 4.79 Å². The smallest absolute Gasteiger partial charge is 0.326 e. The summed E-state index contributed by atoms with van der Waals surface area (Å²) in [4.78, 5) is 18.6. The second-order valence-corrected chi connectivity index (χ2v) is 4.26. The zero-order valence-corrected chi connectivity index (χ0v) is 10.1. The van der Waals surface area contributed by atoms with E-state index in [1.54, 1.807) is 5.38 Å². The minimum atomic E-state index is -1.10. The van der Waals surface area contributed by atoms with Gasteiger partial charge in [0.25, 0.3) is 0 Å². The summed E-state index contributed by atoms with van der Waals surface area (Å²) in [6.45, 7) is 0.567. The number of rotatable bonds is 6. The third-order valence-electron chi connectivity index (χ3n) is 2.13. The second-order valence-electron chi connectivity index (χ2n) is 3.41. The first-order valence-corrected chi connectivity index (χ1v) is 5.98. The highest BCUT2D eigenvalue weighted by molar-refractivity contribution is 7.13. The molecule has 2 aromatic rings. The number of carbonyl (C=O) groups is 1. The van der Waals surface area contributed by atoms with Crippen LogP contribution in [0.25, 0.3) is 0 Å². The second kappa shape index (κ2) is 5.56. The van der Waals surface area contributed by atoms with Crippen molar-refractivity contribution in [2.45, 2.75) is 12.5 Å². The zero-order chi connectivity index (χ0) is 13.0. The Morgan fingerprint density at radius 1 is 1.67 bits per heavy atom. The normalized spacial score (nSPS) is 12.3. The molecule has 18 heavy (non-hydrogen) atoms. The number of hydrogen-bond acceptors (Lipinski definition) is 8. The van der Waals surface area contributed by atoms with Crippen molar-refractivity contribution in [1.82, 2.24) is 15.1 Å². The van der Waals surface area contributed by atoms with Crippen molar-refractivity contribution >= 4 is 22.4 Å². The molecule has 0 aliphatic rings. The molecule has 96 valence electrons. The number of hydrogen-bond donors (Lipinski definition) is 3. The lowest BCUT2D eigenvalue weighted by molar-refractivity contribution is -0.138. The van der Waals surface area contributed by atoms with Gasteiger partial charge in [0, 0.05) is 18.3 Å². The number of aromatic nitrogens is 3. The Morgan fingerprint density at radius 2 is 2.50 bits per heavy atom. The number of nitrogens with two attached hydrogens (primary N) is 1. The van der Waals surface area contributed by atoms with Crippen molar-refractivity contribution in [1.29, 1.82) is 0 Å². The summed E-state index contributed by atoms with van der Waals surface area (Å²) in [5, 5.41) is 17.5. The van der Waals surface area contributed by atoms with Gasteiger partial charge in [0.05, 0.1) is 5.69 Å². The molecule has 2 rings (SSSR count). The average Bonchev–Trinajstić information content (AvgIpc) is 2.99. The van der Waals surface area contributed by atoms with Gasteiger partial charge < -0.3 is 20.7 Å². The predicted molar refractivity (Wildman–Crippen MR) is 63.2 cm³/mol. The number of anilines is 1. The fourth-order valence-corrected chi connectivity index (χ4v) is 1.99. The van der Waals surface area contributed by atoms with Crippen LogP contribution in [0.3, 0.4) is 0 Å². The van der Waals surface area contributed by atoms with E-state index in [0.29, 0.717) is 29.7 Å². The van der Waals surface area contributed by atoms with Gasteiger partial charge >= 0.3 is 5.97 Å². The van der Waals surface area contributed by atoms with E-state index in [1.165, 1.54) is 17.7 Å². The van der Waals surface area contributed by atoms with Gasteiger partial charge in [-0.25, -0.2) is 4.98 Å². The molecule has 2 heterocycles. The van der Waals surface area contributed by atoms with Crippen molar-refractivity contribution in [3.63, 3.8) is 0 Å². The molecule has 0 saturated carbocycles. The fourth-order valence-electron chi connectivity index (χ4n) is 1.22. The van der Waals surface area contributed by atoms with E-state index < -0.39 is 12.0 Å². The molecule has 9 heteroatoms. The van der Waals surface area contributed by atoms with Crippen LogP contribution in [0.1, 0.15) is 17.6 Å². The van der Waals surface area contributed by atoms with Crippen molar-refractivity contribution in [2.75, 3.05) is 11.9 Å². The topological polar surface area (TPSA) is 127 Å².